The van der Waals surface area contributed by atoms with Gasteiger partial charge in [0.05, 0.1) is 21.3 Å². The zero-order valence-electron chi connectivity index (χ0n) is 17.4. The third kappa shape index (κ3) is 4.76. The van der Waals surface area contributed by atoms with E-state index in [2.05, 4.69) is 4.90 Å². The second kappa shape index (κ2) is 9.87. The predicted molar refractivity (Wildman–Crippen MR) is 112 cm³/mol. The minimum atomic E-state index is -0.658. The third-order valence-corrected chi connectivity index (χ3v) is 5.03. The molecule has 8 heteroatoms. The summed E-state index contributed by atoms with van der Waals surface area (Å²) >= 11 is 0. The van der Waals surface area contributed by atoms with Crippen molar-refractivity contribution < 1.29 is 28.5 Å². The molecule has 0 saturated carbocycles. The fourth-order valence-electron chi connectivity index (χ4n) is 3.35. The van der Waals surface area contributed by atoms with Crippen LogP contribution in [0.2, 0.25) is 0 Å². The fraction of sp³-hybridized carbons (Fsp3) is 0.364. The van der Waals surface area contributed by atoms with Gasteiger partial charge in [-0.3, -0.25) is 4.79 Å². The molecular weight excluding hydrogens is 388 g/mol. The quantitative estimate of drug-likeness (QED) is 0.643. The number of carbonyl (C=O) groups excluding carboxylic acids is 2. The van der Waals surface area contributed by atoms with Crippen molar-refractivity contribution in [3.63, 3.8) is 0 Å². The second-order valence-electron chi connectivity index (χ2n) is 6.68. The van der Waals surface area contributed by atoms with Gasteiger partial charge in [0.1, 0.15) is 22.8 Å². The van der Waals surface area contributed by atoms with E-state index in [1.807, 2.05) is 24.3 Å². The number of benzene rings is 2. The van der Waals surface area contributed by atoms with Crippen LogP contribution in [0, 0.1) is 0 Å². The summed E-state index contributed by atoms with van der Waals surface area (Å²) in [7, 11) is 4.55. The summed E-state index contributed by atoms with van der Waals surface area (Å²) in [5, 5.41) is 0. The van der Waals surface area contributed by atoms with Gasteiger partial charge in [-0.2, -0.15) is 0 Å². The first-order valence-electron chi connectivity index (χ1n) is 9.62. The zero-order chi connectivity index (χ0) is 21.5. The van der Waals surface area contributed by atoms with Crippen LogP contribution in [-0.4, -0.2) is 70.9 Å². The molecule has 0 aromatic heterocycles. The predicted octanol–water partition coefficient (Wildman–Crippen LogP) is 2.22. The van der Waals surface area contributed by atoms with Gasteiger partial charge in [0.25, 0.3) is 5.91 Å². The number of anilines is 1. The summed E-state index contributed by atoms with van der Waals surface area (Å²) in [6, 6.07) is 12.8. The largest absolute Gasteiger partial charge is 0.497 e. The topological polar surface area (TPSA) is 77.5 Å². The number of esters is 1. The summed E-state index contributed by atoms with van der Waals surface area (Å²) in [5.74, 6) is 0.585. The maximum Gasteiger partial charge on any atom is 0.346 e. The van der Waals surface area contributed by atoms with Crippen LogP contribution in [0.25, 0.3) is 0 Å². The van der Waals surface area contributed by atoms with Gasteiger partial charge in [-0.1, -0.05) is 6.07 Å². The summed E-state index contributed by atoms with van der Waals surface area (Å²) in [4.78, 5) is 28.9. The standard InChI is InChI=1S/C22H26N2O6/c1-27-17-9-7-16(8-10-17)23-11-13-24(14-12-23)20(25)15-30-22(26)21-18(28-2)5-4-6-19(21)29-3/h4-10H,11-15H2,1-3H3. The van der Waals surface area contributed by atoms with Gasteiger partial charge in [-0.15, -0.1) is 0 Å². The number of methoxy groups -OCH3 is 3. The molecule has 30 heavy (non-hydrogen) atoms. The van der Waals surface area contributed by atoms with Crippen LogP contribution >= 0.6 is 0 Å². The van der Waals surface area contributed by atoms with E-state index in [0.717, 1.165) is 11.4 Å². The van der Waals surface area contributed by atoms with Crippen LogP contribution in [0.15, 0.2) is 42.5 Å². The maximum absolute atomic E-state index is 12.5. The lowest BCUT2D eigenvalue weighted by molar-refractivity contribution is -0.134. The molecule has 1 saturated heterocycles. The normalized spacial score (nSPS) is 13.6. The Labute approximate surface area is 175 Å². The Hall–Kier alpha value is -3.42. The second-order valence-corrected chi connectivity index (χ2v) is 6.68. The number of nitrogens with zero attached hydrogens (tertiary/aromatic N) is 2. The Morgan fingerprint density at radius 2 is 1.43 bits per heavy atom. The average Bonchev–Trinajstić information content (AvgIpc) is 2.81. The van der Waals surface area contributed by atoms with Crippen LogP contribution in [0.4, 0.5) is 5.69 Å². The molecule has 2 aromatic rings. The lowest BCUT2D eigenvalue weighted by Gasteiger charge is -2.36. The SMILES string of the molecule is COc1ccc(N2CCN(C(=O)COC(=O)c3c(OC)cccc3OC)CC2)cc1. The number of carbonyl (C=O) groups is 2. The van der Waals surface area contributed by atoms with Crippen molar-refractivity contribution in [2.75, 3.05) is 59.0 Å². The Kier molecular flexibility index (Phi) is 7.00. The van der Waals surface area contributed by atoms with Crippen LogP contribution in [0.5, 0.6) is 17.2 Å². The minimum absolute atomic E-state index is 0.166. The number of hydrogen-bond donors (Lipinski definition) is 0. The first-order chi connectivity index (χ1) is 14.6. The van der Waals surface area contributed by atoms with Crippen molar-refractivity contribution in [1.29, 1.82) is 0 Å². The molecule has 3 rings (SSSR count). The highest BCUT2D eigenvalue weighted by Crippen LogP contribution is 2.29. The van der Waals surface area contributed by atoms with E-state index in [-0.39, 0.29) is 18.1 Å². The van der Waals surface area contributed by atoms with Crippen LogP contribution in [-0.2, 0) is 9.53 Å². The molecule has 1 aliphatic heterocycles. The molecule has 1 amide bonds. The molecule has 0 unspecified atom stereocenters. The molecule has 0 spiro atoms. The lowest BCUT2D eigenvalue weighted by atomic mass is 10.2. The van der Waals surface area contributed by atoms with Gasteiger partial charge in [-0.25, -0.2) is 4.79 Å². The summed E-state index contributed by atoms with van der Waals surface area (Å²) in [5.41, 5.74) is 1.25. The van der Waals surface area contributed by atoms with Crippen molar-refractivity contribution in [1.82, 2.24) is 4.90 Å². The number of rotatable bonds is 7. The molecule has 8 nitrogen and oxygen atoms in total. The van der Waals surface area contributed by atoms with Crippen molar-refractivity contribution >= 4 is 17.6 Å². The third-order valence-electron chi connectivity index (χ3n) is 5.03. The van der Waals surface area contributed by atoms with E-state index in [9.17, 15) is 9.59 Å². The van der Waals surface area contributed by atoms with Crippen molar-refractivity contribution in [2.24, 2.45) is 0 Å². The Morgan fingerprint density at radius 3 is 1.97 bits per heavy atom. The van der Waals surface area contributed by atoms with E-state index >= 15 is 0 Å². The monoisotopic (exact) mass is 414 g/mol. The molecule has 1 heterocycles. The Morgan fingerprint density at radius 1 is 0.833 bits per heavy atom. The molecule has 0 radical (unpaired) electrons. The number of hydrogen-bond acceptors (Lipinski definition) is 7. The molecule has 0 atom stereocenters. The smallest absolute Gasteiger partial charge is 0.346 e. The summed E-state index contributed by atoms with van der Waals surface area (Å²) < 4.78 is 20.9. The van der Waals surface area contributed by atoms with Crippen molar-refractivity contribution in [3.05, 3.63) is 48.0 Å². The first kappa shape index (κ1) is 21.3. The van der Waals surface area contributed by atoms with Gasteiger partial charge in [0.15, 0.2) is 6.61 Å². The number of ether oxygens (including phenoxy) is 4. The highest BCUT2D eigenvalue weighted by molar-refractivity contribution is 5.96. The van der Waals surface area contributed by atoms with E-state index in [1.165, 1.54) is 14.2 Å². The molecule has 0 bridgehead atoms. The van der Waals surface area contributed by atoms with E-state index in [1.54, 1.807) is 30.2 Å². The van der Waals surface area contributed by atoms with E-state index in [4.69, 9.17) is 18.9 Å². The minimum Gasteiger partial charge on any atom is -0.497 e. The molecule has 160 valence electrons. The Balaban J connectivity index is 1.53. The van der Waals surface area contributed by atoms with Gasteiger partial charge in [0, 0.05) is 31.9 Å². The Bertz CT molecular complexity index is 853. The van der Waals surface area contributed by atoms with Crippen LogP contribution < -0.4 is 19.1 Å². The molecular formula is C22H26N2O6. The highest BCUT2D eigenvalue weighted by atomic mass is 16.5. The maximum atomic E-state index is 12.5. The molecule has 1 fully saturated rings. The van der Waals surface area contributed by atoms with Gasteiger partial charge in [-0.05, 0) is 36.4 Å². The summed E-state index contributed by atoms with van der Waals surface area (Å²) in [6.45, 7) is 2.18. The van der Waals surface area contributed by atoms with Crippen molar-refractivity contribution in [3.8, 4) is 17.2 Å². The van der Waals surface area contributed by atoms with Gasteiger partial charge >= 0.3 is 5.97 Å². The van der Waals surface area contributed by atoms with E-state index in [0.29, 0.717) is 37.7 Å². The van der Waals surface area contributed by atoms with Crippen molar-refractivity contribution in [2.45, 2.75) is 0 Å². The number of piperazine rings is 1. The van der Waals surface area contributed by atoms with Crippen LogP contribution in [0.3, 0.4) is 0 Å². The lowest BCUT2D eigenvalue weighted by Crippen LogP contribution is -2.49. The fourth-order valence-corrected chi connectivity index (χ4v) is 3.35. The van der Waals surface area contributed by atoms with Gasteiger partial charge in [0.2, 0.25) is 0 Å². The van der Waals surface area contributed by atoms with Crippen LogP contribution in [0.1, 0.15) is 10.4 Å². The molecule has 1 aliphatic rings. The summed E-state index contributed by atoms with van der Waals surface area (Å²) in [6.07, 6.45) is 0. The van der Waals surface area contributed by atoms with E-state index < -0.39 is 5.97 Å². The molecule has 0 N–H and O–H groups in total. The number of amides is 1. The molecule has 0 aliphatic carbocycles. The molecule has 2 aromatic carbocycles. The highest BCUT2D eigenvalue weighted by Gasteiger charge is 2.24. The van der Waals surface area contributed by atoms with Gasteiger partial charge < -0.3 is 28.7 Å². The zero-order valence-corrected chi connectivity index (χ0v) is 17.4. The average molecular weight is 414 g/mol. The first-order valence-corrected chi connectivity index (χ1v) is 9.62.